The number of benzene rings is 1. The molecule has 1 aromatic heterocycles. The number of sulfone groups is 1. The van der Waals surface area contributed by atoms with Gasteiger partial charge < -0.3 is 10.6 Å². The third-order valence-corrected chi connectivity index (χ3v) is 7.90. The Hall–Kier alpha value is -1.17. The zero-order valence-corrected chi connectivity index (χ0v) is 22.6. The van der Waals surface area contributed by atoms with Crippen LogP contribution in [0.2, 0.25) is 0 Å². The van der Waals surface area contributed by atoms with Crippen LogP contribution in [0.4, 0.5) is 0 Å². The van der Waals surface area contributed by atoms with Crippen molar-refractivity contribution in [3.05, 3.63) is 51.7 Å². The molecule has 0 amide bonds. The first-order chi connectivity index (χ1) is 14.3. The van der Waals surface area contributed by atoms with Gasteiger partial charge in [0.15, 0.2) is 15.8 Å². The maximum Gasteiger partial charge on any atom is 0.191 e. The lowest BCUT2D eigenvalue weighted by Crippen LogP contribution is -2.44. The summed E-state index contributed by atoms with van der Waals surface area (Å²) in [6, 6.07) is 10.3. The molecule has 2 unspecified atom stereocenters. The SMILES string of the molecule is CN=C(NCc1ccc(S(C)(=O)=O)c(C)c1)NCC1CCCN(C)C1c1cccs1.I. The average Bonchev–Trinajstić information content (AvgIpc) is 3.21. The van der Waals surface area contributed by atoms with E-state index >= 15 is 0 Å². The Balaban J connectivity index is 0.00000341. The number of hydrogen-bond donors (Lipinski definition) is 2. The summed E-state index contributed by atoms with van der Waals surface area (Å²) < 4.78 is 23.6. The zero-order chi connectivity index (χ0) is 21.7. The molecule has 0 bridgehead atoms. The van der Waals surface area contributed by atoms with Crippen LogP contribution in [0.25, 0.3) is 0 Å². The van der Waals surface area contributed by atoms with Gasteiger partial charge in [0.25, 0.3) is 0 Å². The largest absolute Gasteiger partial charge is 0.356 e. The summed E-state index contributed by atoms with van der Waals surface area (Å²) >= 11 is 1.83. The molecule has 2 N–H and O–H groups in total. The Morgan fingerprint density at radius 1 is 1.29 bits per heavy atom. The molecule has 1 saturated heterocycles. The molecule has 6 nitrogen and oxygen atoms in total. The lowest BCUT2D eigenvalue weighted by Gasteiger charge is -2.39. The predicted molar refractivity (Wildman–Crippen MR) is 140 cm³/mol. The Labute approximate surface area is 207 Å². The fraction of sp³-hybridized carbons (Fsp3) is 0.500. The van der Waals surface area contributed by atoms with Crippen LogP contribution in [-0.4, -0.2) is 52.7 Å². The van der Waals surface area contributed by atoms with Gasteiger partial charge in [-0.05, 0) is 67.9 Å². The van der Waals surface area contributed by atoms with E-state index in [1.165, 1.54) is 24.0 Å². The quantitative estimate of drug-likeness (QED) is 0.311. The van der Waals surface area contributed by atoms with E-state index in [2.05, 4.69) is 45.1 Å². The molecule has 1 fully saturated rings. The van der Waals surface area contributed by atoms with Crippen molar-refractivity contribution >= 4 is 51.1 Å². The monoisotopic (exact) mass is 576 g/mol. The smallest absolute Gasteiger partial charge is 0.191 e. The molecular weight excluding hydrogens is 543 g/mol. The average molecular weight is 577 g/mol. The second kappa shape index (κ2) is 11.6. The minimum absolute atomic E-state index is 0. The molecule has 3 rings (SSSR count). The normalized spacial score (nSPS) is 20.2. The summed E-state index contributed by atoms with van der Waals surface area (Å²) in [6.45, 7) is 4.41. The molecule has 0 aliphatic carbocycles. The zero-order valence-electron chi connectivity index (χ0n) is 18.6. The molecule has 0 radical (unpaired) electrons. The van der Waals surface area contributed by atoms with Gasteiger partial charge in [0.05, 0.1) is 4.90 Å². The Morgan fingerprint density at radius 2 is 2.06 bits per heavy atom. The van der Waals surface area contributed by atoms with Gasteiger partial charge in [-0.25, -0.2) is 8.42 Å². The third-order valence-electron chi connectivity index (χ3n) is 5.70. The Kier molecular flexibility index (Phi) is 9.78. The van der Waals surface area contributed by atoms with E-state index in [9.17, 15) is 8.42 Å². The molecule has 0 saturated carbocycles. The topological polar surface area (TPSA) is 73.8 Å². The number of aryl methyl sites for hydroxylation is 1. The summed E-state index contributed by atoms with van der Waals surface area (Å²) in [5.74, 6) is 1.29. The van der Waals surface area contributed by atoms with Crippen LogP contribution in [0.1, 0.15) is 34.9 Å². The Bertz CT molecular complexity index is 977. The molecule has 9 heteroatoms. The van der Waals surface area contributed by atoms with Crippen LogP contribution in [0.3, 0.4) is 0 Å². The second-order valence-corrected chi connectivity index (χ2v) is 11.0. The van der Waals surface area contributed by atoms with Crippen LogP contribution in [0.5, 0.6) is 0 Å². The minimum atomic E-state index is -3.20. The van der Waals surface area contributed by atoms with Crippen LogP contribution < -0.4 is 10.6 Å². The number of rotatable bonds is 6. The molecule has 2 heterocycles. The van der Waals surface area contributed by atoms with Gasteiger partial charge in [0, 0.05) is 37.3 Å². The number of aliphatic imine (C=N–C) groups is 1. The minimum Gasteiger partial charge on any atom is -0.356 e. The molecule has 0 spiro atoms. The first kappa shape index (κ1) is 26.1. The van der Waals surface area contributed by atoms with Crippen molar-refractivity contribution in [2.45, 2.75) is 37.2 Å². The molecule has 2 aromatic rings. The number of thiophene rings is 1. The van der Waals surface area contributed by atoms with Crippen LogP contribution in [-0.2, 0) is 16.4 Å². The van der Waals surface area contributed by atoms with Crippen molar-refractivity contribution in [2.75, 3.05) is 33.4 Å². The van der Waals surface area contributed by atoms with Crippen molar-refractivity contribution in [1.29, 1.82) is 0 Å². The number of piperidine rings is 1. The number of likely N-dealkylation sites (tertiary alicyclic amines) is 1. The van der Waals surface area contributed by atoms with Gasteiger partial charge in [-0.2, -0.15) is 0 Å². The molecule has 1 aromatic carbocycles. The first-order valence-corrected chi connectivity index (χ1v) is 13.0. The number of nitrogens with zero attached hydrogens (tertiary/aromatic N) is 2. The summed E-state index contributed by atoms with van der Waals surface area (Å²) in [5, 5.41) is 9.00. The van der Waals surface area contributed by atoms with Crippen molar-refractivity contribution in [3.63, 3.8) is 0 Å². The highest BCUT2D eigenvalue weighted by molar-refractivity contribution is 14.0. The second-order valence-electron chi connectivity index (χ2n) is 8.02. The van der Waals surface area contributed by atoms with E-state index < -0.39 is 9.84 Å². The van der Waals surface area contributed by atoms with E-state index in [-0.39, 0.29) is 24.0 Å². The van der Waals surface area contributed by atoms with Gasteiger partial charge in [0.2, 0.25) is 0 Å². The van der Waals surface area contributed by atoms with E-state index in [0.717, 1.165) is 30.2 Å². The van der Waals surface area contributed by atoms with Gasteiger partial charge in [-0.15, -0.1) is 35.3 Å². The van der Waals surface area contributed by atoms with Gasteiger partial charge in [-0.1, -0.05) is 18.2 Å². The number of nitrogens with one attached hydrogen (secondary N) is 2. The predicted octanol–water partition coefficient (Wildman–Crippen LogP) is 3.83. The summed E-state index contributed by atoms with van der Waals surface area (Å²) in [6.07, 6.45) is 3.65. The van der Waals surface area contributed by atoms with Crippen LogP contribution in [0.15, 0.2) is 45.6 Å². The van der Waals surface area contributed by atoms with Gasteiger partial charge >= 0.3 is 0 Å². The highest BCUT2D eigenvalue weighted by Gasteiger charge is 2.31. The standard InChI is InChI=1S/C22H32N4O2S2.HI/c1-16-13-17(9-10-20(16)30(4,27)28)14-24-22(23-2)25-15-18-7-5-11-26(3)21(18)19-8-6-12-29-19;/h6,8-10,12-13,18,21H,5,7,11,14-15H2,1-4H3,(H2,23,24,25);1H. The molecular formula is C22H33IN4O2S2. The molecule has 1 aliphatic heterocycles. The number of hydrogen-bond acceptors (Lipinski definition) is 5. The highest BCUT2D eigenvalue weighted by atomic mass is 127. The van der Waals surface area contributed by atoms with E-state index in [1.807, 2.05) is 30.4 Å². The van der Waals surface area contributed by atoms with Gasteiger partial charge in [0.1, 0.15) is 0 Å². The first-order valence-electron chi connectivity index (χ1n) is 10.3. The van der Waals surface area contributed by atoms with Crippen LogP contribution >= 0.6 is 35.3 Å². The van der Waals surface area contributed by atoms with Crippen molar-refractivity contribution in [2.24, 2.45) is 10.9 Å². The van der Waals surface area contributed by atoms with Crippen molar-refractivity contribution in [1.82, 2.24) is 15.5 Å². The molecule has 2 atom stereocenters. The molecule has 31 heavy (non-hydrogen) atoms. The maximum absolute atomic E-state index is 11.8. The number of halogens is 1. The third kappa shape index (κ3) is 6.90. The van der Waals surface area contributed by atoms with E-state index in [0.29, 0.717) is 23.4 Å². The van der Waals surface area contributed by atoms with Gasteiger partial charge in [-0.3, -0.25) is 9.89 Å². The summed E-state index contributed by atoms with van der Waals surface area (Å²) in [4.78, 5) is 8.63. The molecule has 1 aliphatic rings. The lowest BCUT2D eigenvalue weighted by atomic mass is 9.88. The number of guanidine groups is 1. The van der Waals surface area contributed by atoms with Crippen molar-refractivity contribution in [3.8, 4) is 0 Å². The van der Waals surface area contributed by atoms with Crippen molar-refractivity contribution < 1.29 is 8.42 Å². The fourth-order valence-corrected chi connectivity index (χ4v) is 6.20. The molecule has 172 valence electrons. The lowest BCUT2D eigenvalue weighted by molar-refractivity contribution is 0.125. The maximum atomic E-state index is 11.8. The summed E-state index contributed by atoms with van der Waals surface area (Å²) in [5.41, 5.74) is 1.79. The van der Waals surface area contributed by atoms with Crippen LogP contribution in [0, 0.1) is 12.8 Å². The Morgan fingerprint density at radius 3 is 2.68 bits per heavy atom. The van der Waals surface area contributed by atoms with E-state index in [4.69, 9.17) is 0 Å². The van der Waals surface area contributed by atoms with E-state index in [1.54, 1.807) is 13.1 Å². The summed E-state index contributed by atoms with van der Waals surface area (Å²) in [7, 11) is 0.794. The highest BCUT2D eigenvalue weighted by Crippen LogP contribution is 2.36. The fourth-order valence-electron chi connectivity index (χ4n) is 4.25.